The molecule has 2 rings (SSSR count). The fourth-order valence-electron chi connectivity index (χ4n) is 1.69. The Bertz CT molecular complexity index is 551. The maximum atomic E-state index is 12.5. The summed E-state index contributed by atoms with van der Waals surface area (Å²) in [4.78, 5) is 11.5. The first-order valence-corrected chi connectivity index (χ1v) is 6.49. The van der Waals surface area contributed by atoms with E-state index in [1.54, 1.807) is 0 Å². The topological polar surface area (TPSA) is 50.7 Å². The summed E-state index contributed by atoms with van der Waals surface area (Å²) in [6.07, 6.45) is -2.29. The number of benzene rings is 1. The average molecular weight is 300 g/mol. The Morgan fingerprint density at radius 3 is 2.76 bits per heavy atom. The molecule has 0 atom stereocenters. The zero-order valence-electron chi connectivity index (χ0n) is 11.4. The van der Waals surface area contributed by atoms with Gasteiger partial charge in [-0.3, -0.25) is 4.79 Å². The highest BCUT2D eigenvalue weighted by Crippen LogP contribution is 2.31. The van der Waals surface area contributed by atoms with E-state index in [1.165, 1.54) is 12.1 Å². The normalized spacial score (nSPS) is 15.7. The van der Waals surface area contributed by atoms with Crippen molar-refractivity contribution in [2.45, 2.75) is 25.9 Å². The number of hydrogen-bond acceptors (Lipinski definition) is 3. The summed E-state index contributed by atoms with van der Waals surface area (Å²) < 4.78 is 42.5. The molecule has 0 radical (unpaired) electrons. The summed E-state index contributed by atoms with van der Waals surface area (Å²) >= 11 is 0. The number of nitrogens with zero attached hydrogens (tertiary/aromatic N) is 1. The SMILES string of the molecule is CC(=NNC(=O)COc1cccc(C(F)(F)F)c1)C1CC1. The smallest absolute Gasteiger partial charge is 0.416 e. The highest BCUT2D eigenvalue weighted by atomic mass is 19.4. The quantitative estimate of drug-likeness (QED) is 0.671. The second kappa shape index (κ2) is 6.15. The van der Waals surface area contributed by atoms with E-state index in [2.05, 4.69) is 10.5 Å². The molecule has 0 unspecified atom stereocenters. The minimum absolute atomic E-state index is 0.0112. The van der Waals surface area contributed by atoms with Crippen molar-refractivity contribution in [3.63, 3.8) is 0 Å². The monoisotopic (exact) mass is 300 g/mol. The number of hydrogen-bond donors (Lipinski definition) is 1. The van der Waals surface area contributed by atoms with Crippen molar-refractivity contribution < 1.29 is 22.7 Å². The largest absolute Gasteiger partial charge is 0.484 e. The first kappa shape index (κ1) is 15.3. The number of carbonyl (C=O) groups is 1. The number of alkyl halides is 3. The Labute approximate surface area is 120 Å². The third-order valence-electron chi connectivity index (χ3n) is 3.06. The summed E-state index contributed by atoms with van der Waals surface area (Å²) in [6.45, 7) is 1.44. The lowest BCUT2D eigenvalue weighted by Crippen LogP contribution is -2.25. The Morgan fingerprint density at radius 1 is 1.43 bits per heavy atom. The molecular formula is C14H15F3N2O2. The van der Waals surface area contributed by atoms with Crippen molar-refractivity contribution in [3.8, 4) is 5.75 Å². The van der Waals surface area contributed by atoms with Gasteiger partial charge in [-0.25, -0.2) is 5.43 Å². The predicted molar refractivity (Wildman–Crippen MR) is 70.9 cm³/mol. The summed E-state index contributed by atoms with van der Waals surface area (Å²) in [5.74, 6) is -0.0787. The van der Waals surface area contributed by atoms with E-state index in [9.17, 15) is 18.0 Å². The molecule has 0 spiro atoms. The zero-order chi connectivity index (χ0) is 15.5. The van der Waals surface area contributed by atoms with Gasteiger partial charge in [-0.15, -0.1) is 0 Å². The molecule has 0 heterocycles. The van der Waals surface area contributed by atoms with Crippen LogP contribution in [0.2, 0.25) is 0 Å². The first-order chi connectivity index (χ1) is 9.86. The van der Waals surface area contributed by atoms with E-state index < -0.39 is 17.6 Å². The van der Waals surface area contributed by atoms with Gasteiger partial charge in [0.05, 0.1) is 5.56 Å². The average Bonchev–Trinajstić information content (AvgIpc) is 3.26. The fraction of sp³-hybridized carbons (Fsp3) is 0.429. The molecule has 1 saturated carbocycles. The van der Waals surface area contributed by atoms with E-state index in [0.29, 0.717) is 5.92 Å². The van der Waals surface area contributed by atoms with Crippen LogP contribution in [0.5, 0.6) is 5.75 Å². The molecule has 1 fully saturated rings. The highest BCUT2D eigenvalue weighted by Gasteiger charge is 2.30. The number of hydrazone groups is 1. The maximum Gasteiger partial charge on any atom is 0.416 e. The molecular weight excluding hydrogens is 285 g/mol. The standard InChI is InChI=1S/C14H15F3N2O2/c1-9(10-5-6-10)18-19-13(20)8-21-12-4-2-3-11(7-12)14(15,16)17/h2-4,7,10H,5-6,8H2,1H3,(H,19,20). The molecule has 0 aliphatic heterocycles. The highest BCUT2D eigenvalue weighted by molar-refractivity contribution is 5.88. The van der Waals surface area contributed by atoms with Crippen LogP contribution in [0, 0.1) is 5.92 Å². The Kier molecular flexibility index (Phi) is 4.50. The number of nitrogens with one attached hydrogen (secondary N) is 1. The molecule has 1 amide bonds. The molecule has 1 aromatic carbocycles. The van der Waals surface area contributed by atoms with Gasteiger partial charge < -0.3 is 4.74 Å². The zero-order valence-corrected chi connectivity index (χ0v) is 11.4. The van der Waals surface area contributed by atoms with Crippen molar-refractivity contribution >= 4 is 11.6 Å². The van der Waals surface area contributed by atoms with E-state index in [4.69, 9.17) is 4.74 Å². The molecule has 114 valence electrons. The van der Waals surface area contributed by atoms with E-state index >= 15 is 0 Å². The van der Waals surface area contributed by atoms with Gasteiger partial charge in [-0.2, -0.15) is 18.3 Å². The summed E-state index contributed by atoms with van der Waals surface area (Å²) in [5.41, 5.74) is 2.35. The second-order valence-electron chi connectivity index (χ2n) is 4.88. The molecule has 1 N–H and O–H groups in total. The van der Waals surface area contributed by atoms with Gasteiger partial charge in [0, 0.05) is 5.71 Å². The Balaban J connectivity index is 1.85. The molecule has 1 aromatic rings. The summed E-state index contributed by atoms with van der Waals surface area (Å²) in [7, 11) is 0. The van der Waals surface area contributed by atoms with Crippen molar-refractivity contribution in [2.75, 3.05) is 6.61 Å². The van der Waals surface area contributed by atoms with Gasteiger partial charge >= 0.3 is 6.18 Å². The Hall–Kier alpha value is -2.05. The van der Waals surface area contributed by atoms with Crippen LogP contribution in [-0.4, -0.2) is 18.2 Å². The first-order valence-electron chi connectivity index (χ1n) is 6.49. The summed E-state index contributed by atoms with van der Waals surface area (Å²) in [5, 5.41) is 3.91. The van der Waals surface area contributed by atoms with Crippen LogP contribution in [0.15, 0.2) is 29.4 Å². The second-order valence-corrected chi connectivity index (χ2v) is 4.88. The van der Waals surface area contributed by atoms with Gasteiger partial charge in [-0.05, 0) is 43.9 Å². The minimum Gasteiger partial charge on any atom is -0.484 e. The number of rotatable bonds is 5. The van der Waals surface area contributed by atoms with Gasteiger partial charge in [0.2, 0.25) is 0 Å². The fourth-order valence-corrected chi connectivity index (χ4v) is 1.69. The van der Waals surface area contributed by atoms with Crippen molar-refractivity contribution in [1.82, 2.24) is 5.43 Å². The molecule has 4 nitrogen and oxygen atoms in total. The molecule has 1 aliphatic rings. The van der Waals surface area contributed by atoms with Crippen LogP contribution in [-0.2, 0) is 11.0 Å². The van der Waals surface area contributed by atoms with Gasteiger partial charge in [0.25, 0.3) is 5.91 Å². The van der Waals surface area contributed by atoms with Gasteiger partial charge in [0.1, 0.15) is 5.75 Å². The van der Waals surface area contributed by atoms with Crippen molar-refractivity contribution in [2.24, 2.45) is 11.0 Å². The molecule has 0 saturated heterocycles. The molecule has 21 heavy (non-hydrogen) atoms. The van der Waals surface area contributed by atoms with E-state index in [0.717, 1.165) is 30.7 Å². The van der Waals surface area contributed by atoms with Crippen molar-refractivity contribution in [1.29, 1.82) is 0 Å². The van der Waals surface area contributed by atoms with E-state index in [1.807, 2.05) is 6.92 Å². The molecule has 7 heteroatoms. The molecule has 0 aromatic heterocycles. The maximum absolute atomic E-state index is 12.5. The van der Waals surface area contributed by atoms with Crippen LogP contribution in [0.4, 0.5) is 13.2 Å². The van der Waals surface area contributed by atoms with Gasteiger partial charge in [-0.1, -0.05) is 6.07 Å². The number of amides is 1. The Morgan fingerprint density at radius 2 is 2.14 bits per heavy atom. The lowest BCUT2D eigenvalue weighted by molar-refractivity contribution is -0.137. The lowest BCUT2D eigenvalue weighted by atomic mass is 10.2. The molecule has 0 bridgehead atoms. The minimum atomic E-state index is -4.44. The molecule has 1 aliphatic carbocycles. The third-order valence-corrected chi connectivity index (χ3v) is 3.06. The van der Waals surface area contributed by atoms with E-state index in [-0.39, 0.29) is 12.4 Å². The number of halogens is 3. The van der Waals surface area contributed by atoms with Crippen LogP contribution >= 0.6 is 0 Å². The summed E-state index contributed by atoms with van der Waals surface area (Å²) in [6, 6.07) is 4.38. The predicted octanol–water partition coefficient (Wildman–Crippen LogP) is 2.99. The number of ether oxygens (including phenoxy) is 1. The van der Waals surface area contributed by atoms with Crippen LogP contribution < -0.4 is 10.2 Å². The van der Waals surface area contributed by atoms with Crippen molar-refractivity contribution in [3.05, 3.63) is 29.8 Å². The third kappa shape index (κ3) is 4.77. The number of carbonyl (C=O) groups excluding carboxylic acids is 1. The van der Waals surface area contributed by atoms with Crippen LogP contribution in [0.3, 0.4) is 0 Å². The van der Waals surface area contributed by atoms with Crippen LogP contribution in [0.25, 0.3) is 0 Å². The van der Waals surface area contributed by atoms with Gasteiger partial charge in [0.15, 0.2) is 6.61 Å². The van der Waals surface area contributed by atoms with Crippen LogP contribution in [0.1, 0.15) is 25.3 Å². The lowest BCUT2D eigenvalue weighted by Gasteiger charge is -2.09.